The smallest absolute Gasteiger partial charge is 0.127 e. The molecule has 0 heterocycles. The van der Waals surface area contributed by atoms with E-state index in [1.807, 2.05) is 13.0 Å². The molecule has 0 saturated heterocycles. The second kappa shape index (κ2) is 11.6. The SMILES string of the molecule is CCCC(CCC)C1(O)c2cc(C)cc(F)c2CC1(C)C.CCCCCCS. The van der Waals surface area contributed by atoms with Crippen molar-refractivity contribution in [3.63, 3.8) is 0 Å². The molecule has 0 fully saturated rings. The minimum atomic E-state index is -0.915. The lowest BCUT2D eigenvalue weighted by molar-refractivity contribution is -0.113. The zero-order valence-electron chi connectivity index (χ0n) is 19.1. The summed E-state index contributed by atoms with van der Waals surface area (Å²) in [7, 11) is 0. The first-order valence-electron chi connectivity index (χ1n) is 11.3. The predicted octanol–water partition coefficient (Wildman–Crippen LogP) is 7.62. The fourth-order valence-corrected chi connectivity index (χ4v) is 5.03. The maximum atomic E-state index is 14.4. The minimum absolute atomic E-state index is 0.152. The molecule has 0 aliphatic heterocycles. The number of hydrogen-bond acceptors (Lipinski definition) is 2. The van der Waals surface area contributed by atoms with Crippen LogP contribution in [0.2, 0.25) is 0 Å². The van der Waals surface area contributed by atoms with Gasteiger partial charge >= 0.3 is 0 Å². The summed E-state index contributed by atoms with van der Waals surface area (Å²) in [5, 5.41) is 11.7. The Kier molecular flexibility index (Phi) is 10.6. The van der Waals surface area contributed by atoms with Crippen LogP contribution in [0.25, 0.3) is 0 Å². The Hall–Kier alpha value is -0.540. The Balaban J connectivity index is 0.000000480. The lowest BCUT2D eigenvalue weighted by Gasteiger charge is -2.44. The summed E-state index contributed by atoms with van der Waals surface area (Å²) in [6.07, 6.45) is 10.0. The third-order valence-corrected chi connectivity index (χ3v) is 6.59. The largest absolute Gasteiger partial charge is 0.384 e. The highest BCUT2D eigenvalue weighted by Gasteiger charge is 2.55. The molecule has 162 valence electrons. The van der Waals surface area contributed by atoms with Crippen molar-refractivity contribution >= 4 is 12.6 Å². The van der Waals surface area contributed by atoms with E-state index in [2.05, 4.69) is 47.2 Å². The number of fused-ring (bicyclic) bond motifs is 1. The van der Waals surface area contributed by atoms with Gasteiger partial charge in [-0.05, 0) is 67.0 Å². The molecular weight excluding hydrogens is 367 g/mol. The minimum Gasteiger partial charge on any atom is -0.384 e. The highest BCUT2D eigenvalue weighted by atomic mass is 32.1. The summed E-state index contributed by atoms with van der Waals surface area (Å²) in [6, 6.07) is 3.60. The van der Waals surface area contributed by atoms with Gasteiger partial charge in [-0.2, -0.15) is 12.6 Å². The number of aryl methyl sites for hydroxylation is 1. The molecule has 1 aliphatic carbocycles. The highest BCUT2D eigenvalue weighted by Crippen LogP contribution is 2.56. The third-order valence-electron chi connectivity index (χ3n) is 6.28. The first kappa shape index (κ1) is 25.5. The Morgan fingerprint density at radius 3 is 2.14 bits per heavy atom. The van der Waals surface area contributed by atoms with Crippen LogP contribution in [-0.2, 0) is 12.0 Å². The summed E-state index contributed by atoms with van der Waals surface area (Å²) in [5.74, 6) is 1.10. The maximum Gasteiger partial charge on any atom is 0.127 e. The lowest BCUT2D eigenvalue weighted by Crippen LogP contribution is -2.45. The predicted molar refractivity (Wildman–Crippen MR) is 124 cm³/mol. The van der Waals surface area contributed by atoms with Crippen LogP contribution in [0.4, 0.5) is 4.39 Å². The van der Waals surface area contributed by atoms with Gasteiger partial charge in [-0.3, -0.25) is 0 Å². The molecule has 0 aromatic heterocycles. The first-order chi connectivity index (χ1) is 13.2. The fourth-order valence-electron chi connectivity index (χ4n) is 4.80. The standard InChI is InChI=1S/C19H29FO.C6H14S/c1-6-8-14(9-7-2)19(21)16-10-13(3)11-17(20)15(16)12-18(19,4)5;1-2-3-4-5-6-7/h10-11,14,21H,6-9,12H2,1-5H3;7H,2-6H2,1H3. The molecule has 3 heteroatoms. The molecule has 2 rings (SSSR count). The van der Waals surface area contributed by atoms with E-state index in [4.69, 9.17) is 0 Å². The van der Waals surface area contributed by atoms with Crippen LogP contribution < -0.4 is 0 Å². The molecule has 0 radical (unpaired) electrons. The summed E-state index contributed by atoms with van der Waals surface area (Å²) >= 11 is 4.09. The topological polar surface area (TPSA) is 20.2 Å². The van der Waals surface area contributed by atoms with Crippen LogP contribution in [-0.4, -0.2) is 10.9 Å². The molecule has 1 unspecified atom stereocenters. The zero-order valence-corrected chi connectivity index (χ0v) is 20.0. The van der Waals surface area contributed by atoms with Crippen molar-refractivity contribution in [2.75, 3.05) is 5.75 Å². The quantitative estimate of drug-likeness (QED) is 0.317. The number of rotatable bonds is 9. The molecule has 0 spiro atoms. The van der Waals surface area contributed by atoms with Crippen LogP contribution in [0.1, 0.15) is 103 Å². The van der Waals surface area contributed by atoms with Crippen molar-refractivity contribution in [3.8, 4) is 0 Å². The zero-order chi connectivity index (χ0) is 21.4. The summed E-state index contributed by atoms with van der Waals surface area (Å²) < 4.78 is 14.4. The van der Waals surface area contributed by atoms with Crippen molar-refractivity contribution in [2.24, 2.45) is 11.3 Å². The van der Waals surface area contributed by atoms with Crippen LogP contribution in [0.5, 0.6) is 0 Å². The molecule has 1 aromatic rings. The maximum absolute atomic E-state index is 14.4. The second-order valence-electron chi connectivity index (χ2n) is 9.16. The Morgan fingerprint density at radius 2 is 1.64 bits per heavy atom. The molecule has 1 aliphatic rings. The van der Waals surface area contributed by atoms with Gasteiger partial charge in [0.05, 0.1) is 5.60 Å². The van der Waals surface area contributed by atoms with E-state index in [-0.39, 0.29) is 17.2 Å². The van der Waals surface area contributed by atoms with E-state index in [1.54, 1.807) is 6.07 Å². The molecule has 1 aromatic carbocycles. The molecular formula is C25H43FOS. The molecule has 1 atom stereocenters. The molecule has 28 heavy (non-hydrogen) atoms. The average Bonchev–Trinajstić information content (AvgIpc) is 2.84. The number of aliphatic hydroxyl groups is 1. The molecule has 0 bridgehead atoms. The van der Waals surface area contributed by atoms with Crippen LogP contribution in [0.3, 0.4) is 0 Å². The number of benzene rings is 1. The molecule has 1 N–H and O–H groups in total. The third kappa shape index (κ3) is 5.75. The monoisotopic (exact) mass is 410 g/mol. The van der Waals surface area contributed by atoms with E-state index >= 15 is 0 Å². The van der Waals surface area contributed by atoms with Gasteiger partial charge in [0, 0.05) is 5.41 Å². The van der Waals surface area contributed by atoms with E-state index in [1.165, 1.54) is 25.7 Å². The number of hydrogen-bond donors (Lipinski definition) is 2. The van der Waals surface area contributed by atoms with Crippen molar-refractivity contribution in [1.82, 2.24) is 0 Å². The number of thiol groups is 1. The van der Waals surface area contributed by atoms with Gasteiger partial charge in [0.15, 0.2) is 0 Å². The average molecular weight is 411 g/mol. The lowest BCUT2D eigenvalue weighted by atomic mass is 9.65. The van der Waals surface area contributed by atoms with E-state index in [0.717, 1.165) is 48.1 Å². The van der Waals surface area contributed by atoms with Gasteiger partial charge in [0.25, 0.3) is 0 Å². The van der Waals surface area contributed by atoms with Gasteiger partial charge in [-0.15, -0.1) is 0 Å². The van der Waals surface area contributed by atoms with Gasteiger partial charge in [0.2, 0.25) is 0 Å². The fraction of sp³-hybridized carbons (Fsp3) is 0.760. The summed E-state index contributed by atoms with van der Waals surface area (Å²) in [4.78, 5) is 0. The Morgan fingerprint density at radius 1 is 1.04 bits per heavy atom. The van der Waals surface area contributed by atoms with Crippen molar-refractivity contribution in [2.45, 2.75) is 105 Å². The van der Waals surface area contributed by atoms with Gasteiger partial charge < -0.3 is 5.11 Å². The Bertz CT molecular complexity index is 588. The second-order valence-corrected chi connectivity index (χ2v) is 9.61. The van der Waals surface area contributed by atoms with E-state index in [0.29, 0.717) is 6.42 Å². The van der Waals surface area contributed by atoms with Crippen molar-refractivity contribution < 1.29 is 9.50 Å². The van der Waals surface area contributed by atoms with E-state index in [9.17, 15) is 9.50 Å². The molecule has 0 saturated carbocycles. The Labute approximate surface area is 178 Å². The van der Waals surface area contributed by atoms with Gasteiger partial charge in [-0.25, -0.2) is 4.39 Å². The highest BCUT2D eigenvalue weighted by molar-refractivity contribution is 7.80. The number of unbranched alkanes of at least 4 members (excludes halogenated alkanes) is 3. The van der Waals surface area contributed by atoms with Crippen LogP contribution >= 0.6 is 12.6 Å². The van der Waals surface area contributed by atoms with Crippen LogP contribution in [0.15, 0.2) is 12.1 Å². The number of halogens is 1. The molecule has 1 nitrogen and oxygen atoms in total. The molecule has 0 amide bonds. The summed E-state index contributed by atoms with van der Waals surface area (Å²) in [5.41, 5.74) is 1.23. The van der Waals surface area contributed by atoms with Gasteiger partial charge in [-0.1, -0.05) is 72.8 Å². The van der Waals surface area contributed by atoms with Gasteiger partial charge in [0.1, 0.15) is 5.82 Å². The summed E-state index contributed by atoms with van der Waals surface area (Å²) in [6.45, 7) is 12.6. The van der Waals surface area contributed by atoms with Crippen molar-refractivity contribution in [3.05, 3.63) is 34.6 Å². The van der Waals surface area contributed by atoms with E-state index < -0.39 is 5.60 Å². The van der Waals surface area contributed by atoms with Crippen LogP contribution in [0, 0.1) is 24.1 Å². The normalized spacial score (nSPS) is 20.1. The first-order valence-corrected chi connectivity index (χ1v) is 11.9. The van der Waals surface area contributed by atoms with Crippen molar-refractivity contribution in [1.29, 1.82) is 0 Å².